The lowest BCUT2D eigenvalue weighted by atomic mass is 9.96. The van der Waals surface area contributed by atoms with E-state index in [0.717, 1.165) is 42.5 Å². The number of nitrogens with zero attached hydrogens (tertiary/aromatic N) is 2. The number of methoxy groups -OCH3 is 1. The first kappa shape index (κ1) is 13.6. The summed E-state index contributed by atoms with van der Waals surface area (Å²) < 4.78 is 5.05. The number of anilines is 1. The molecule has 1 aliphatic rings. The van der Waals surface area contributed by atoms with Crippen molar-refractivity contribution < 1.29 is 9.84 Å². The number of phenols is 1. The number of phenolic OH excluding ortho intramolecular Hbond substituents is 1. The predicted molar refractivity (Wildman–Crippen MR) is 80.1 cm³/mol. The molecule has 0 amide bonds. The van der Waals surface area contributed by atoms with Crippen LogP contribution in [0.4, 0.5) is 5.82 Å². The number of ether oxygens (including phenoxy) is 1. The van der Waals surface area contributed by atoms with Crippen LogP contribution in [0, 0.1) is 0 Å². The SMILES string of the molecule is COc1ccc(-c2nc3c(c(NN)n2)CCCC3)cc1O. The molecule has 6 heteroatoms. The van der Waals surface area contributed by atoms with E-state index in [1.54, 1.807) is 12.1 Å². The van der Waals surface area contributed by atoms with Gasteiger partial charge in [0, 0.05) is 16.8 Å². The van der Waals surface area contributed by atoms with E-state index in [0.29, 0.717) is 17.4 Å². The monoisotopic (exact) mass is 286 g/mol. The second-order valence-electron chi connectivity index (χ2n) is 5.06. The Morgan fingerprint density at radius 1 is 1.24 bits per heavy atom. The fraction of sp³-hybridized carbons (Fsp3) is 0.333. The Hall–Kier alpha value is -2.34. The Kier molecular flexibility index (Phi) is 3.62. The van der Waals surface area contributed by atoms with Crippen molar-refractivity contribution in [1.82, 2.24) is 9.97 Å². The third-order valence-corrected chi connectivity index (χ3v) is 3.76. The van der Waals surface area contributed by atoms with Crippen molar-refractivity contribution in [2.24, 2.45) is 5.84 Å². The van der Waals surface area contributed by atoms with E-state index in [1.807, 2.05) is 6.07 Å². The summed E-state index contributed by atoms with van der Waals surface area (Å²) in [6.45, 7) is 0. The number of aromatic hydroxyl groups is 1. The number of hydrogen-bond acceptors (Lipinski definition) is 6. The summed E-state index contributed by atoms with van der Waals surface area (Å²) in [5, 5.41) is 9.90. The highest BCUT2D eigenvalue weighted by molar-refractivity contribution is 5.63. The van der Waals surface area contributed by atoms with Gasteiger partial charge in [0.2, 0.25) is 0 Å². The summed E-state index contributed by atoms with van der Waals surface area (Å²) in [5.41, 5.74) is 5.54. The molecular weight excluding hydrogens is 268 g/mol. The number of rotatable bonds is 3. The Bertz CT molecular complexity index is 656. The van der Waals surface area contributed by atoms with Crippen LogP contribution in [0.5, 0.6) is 11.5 Å². The van der Waals surface area contributed by atoms with Gasteiger partial charge < -0.3 is 15.3 Å². The van der Waals surface area contributed by atoms with Gasteiger partial charge in [0.05, 0.1) is 7.11 Å². The van der Waals surface area contributed by atoms with Gasteiger partial charge in [-0.3, -0.25) is 0 Å². The van der Waals surface area contributed by atoms with Crippen LogP contribution in [0.3, 0.4) is 0 Å². The zero-order chi connectivity index (χ0) is 14.8. The van der Waals surface area contributed by atoms with Crippen LogP contribution in [-0.2, 0) is 12.8 Å². The van der Waals surface area contributed by atoms with Gasteiger partial charge in [0.1, 0.15) is 5.82 Å². The van der Waals surface area contributed by atoms with Gasteiger partial charge in [0.15, 0.2) is 17.3 Å². The Balaban J connectivity index is 2.08. The molecule has 0 atom stereocenters. The van der Waals surface area contributed by atoms with E-state index < -0.39 is 0 Å². The molecule has 0 aliphatic heterocycles. The molecule has 0 unspecified atom stereocenters. The Morgan fingerprint density at radius 2 is 2.05 bits per heavy atom. The predicted octanol–water partition coefficient (Wildman–Crippen LogP) is 2.02. The van der Waals surface area contributed by atoms with Crippen molar-refractivity contribution in [3.8, 4) is 22.9 Å². The summed E-state index contributed by atoms with van der Waals surface area (Å²) in [6.07, 6.45) is 4.14. The van der Waals surface area contributed by atoms with Crippen LogP contribution < -0.4 is 16.0 Å². The summed E-state index contributed by atoms with van der Waals surface area (Å²) in [7, 11) is 1.51. The van der Waals surface area contributed by atoms with E-state index in [9.17, 15) is 5.11 Å². The molecule has 0 radical (unpaired) electrons. The van der Waals surface area contributed by atoms with E-state index >= 15 is 0 Å². The molecule has 3 rings (SSSR count). The number of aryl methyl sites for hydroxylation is 1. The molecule has 6 nitrogen and oxygen atoms in total. The highest BCUT2D eigenvalue weighted by Gasteiger charge is 2.18. The fourth-order valence-corrected chi connectivity index (χ4v) is 2.67. The lowest BCUT2D eigenvalue weighted by molar-refractivity contribution is 0.373. The normalized spacial score (nSPS) is 13.6. The van der Waals surface area contributed by atoms with E-state index in [4.69, 9.17) is 10.6 Å². The second-order valence-corrected chi connectivity index (χ2v) is 5.06. The lowest BCUT2D eigenvalue weighted by Gasteiger charge is -2.18. The Labute approximate surface area is 123 Å². The number of fused-ring (bicyclic) bond motifs is 1. The molecule has 1 aromatic heterocycles. The first-order valence-electron chi connectivity index (χ1n) is 6.96. The highest BCUT2D eigenvalue weighted by atomic mass is 16.5. The van der Waals surface area contributed by atoms with Crippen LogP contribution in [-0.4, -0.2) is 22.2 Å². The van der Waals surface area contributed by atoms with E-state index in [2.05, 4.69) is 15.4 Å². The number of nitrogens with one attached hydrogen (secondary N) is 1. The summed E-state index contributed by atoms with van der Waals surface area (Å²) in [5.74, 6) is 7.31. The molecule has 1 aliphatic carbocycles. The van der Waals surface area contributed by atoms with Crippen LogP contribution in [0.2, 0.25) is 0 Å². The Morgan fingerprint density at radius 3 is 2.76 bits per heavy atom. The van der Waals surface area contributed by atoms with Gasteiger partial charge in [-0.25, -0.2) is 15.8 Å². The van der Waals surface area contributed by atoms with Gasteiger partial charge >= 0.3 is 0 Å². The van der Waals surface area contributed by atoms with Crippen molar-refractivity contribution in [3.05, 3.63) is 29.5 Å². The zero-order valence-corrected chi connectivity index (χ0v) is 11.9. The quantitative estimate of drug-likeness (QED) is 0.590. The lowest BCUT2D eigenvalue weighted by Crippen LogP contribution is -2.17. The summed E-state index contributed by atoms with van der Waals surface area (Å²) in [4.78, 5) is 9.10. The van der Waals surface area contributed by atoms with Gasteiger partial charge in [-0.05, 0) is 43.9 Å². The number of hydrazine groups is 1. The van der Waals surface area contributed by atoms with Crippen molar-refractivity contribution in [1.29, 1.82) is 0 Å². The minimum atomic E-state index is 0.0681. The first-order valence-corrected chi connectivity index (χ1v) is 6.96. The van der Waals surface area contributed by atoms with Crippen LogP contribution >= 0.6 is 0 Å². The third-order valence-electron chi connectivity index (χ3n) is 3.76. The molecule has 1 heterocycles. The molecule has 0 saturated carbocycles. The van der Waals surface area contributed by atoms with Crippen molar-refractivity contribution >= 4 is 5.82 Å². The molecular formula is C15H18N4O2. The van der Waals surface area contributed by atoms with Crippen molar-refractivity contribution in [2.75, 3.05) is 12.5 Å². The maximum absolute atomic E-state index is 9.90. The molecule has 0 bridgehead atoms. The van der Waals surface area contributed by atoms with E-state index in [1.165, 1.54) is 7.11 Å². The topological polar surface area (TPSA) is 93.3 Å². The van der Waals surface area contributed by atoms with Gasteiger partial charge in [0.25, 0.3) is 0 Å². The summed E-state index contributed by atoms with van der Waals surface area (Å²) in [6, 6.07) is 5.12. The summed E-state index contributed by atoms with van der Waals surface area (Å²) >= 11 is 0. The molecule has 0 spiro atoms. The fourth-order valence-electron chi connectivity index (χ4n) is 2.67. The molecule has 1 aromatic carbocycles. The maximum atomic E-state index is 9.90. The molecule has 0 saturated heterocycles. The largest absolute Gasteiger partial charge is 0.504 e. The molecule has 4 N–H and O–H groups in total. The van der Waals surface area contributed by atoms with E-state index in [-0.39, 0.29) is 5.75 Å². The van der Waals surface area contributed by atoms with Gasteiger partial charge in [-0.15, -0.1) is 0 Å². The van der Waals surface area contributed by atoms with Crippen LogP contribution in [0.25, 0.3) is 11.4 Å². The average molecular weight is 286 g/mol. The van der Waals surface area contributed by atoms with Gasteiger partial charge in [-0.2, -0.15) is 0 Å². The number of nitrogen functional groups attached to an aromatic ring is 1. The highest BCUT2D eigenvalue weighted by Crippen LogP contribution is 2.32. The van der Waals surface area contributed by atoms with Crippen molar-refractivity contribution in [3.63, 3.8) is 0 Å². The standard InChI is InChI=1S/C15H18N4O2/c1-21-13-7-6-9(8-12(13)20)14-17-11-5-3-2-4-10(11)15(18-14)19-16/h6-8,20H,2-5,16H2,1H3,(H,17,18,19). The van der Waals surface area contributed by atoms with Gasteiger partial charge in [-0.1, -0.05) is 0 Å². The number of benzene rings is 1. The molecule has 2 aromatic rings. The molecule has 21 heavy (non-hydrogen) atoms. The van der Waals surface area contributed by atoms with Crippen LogP contribution in [0.1, 0.15) is 24.1 Å². The molecule has 110 valence electrons. The smallest absolute Gasteiger partial charge is 0.161 e. The third kappa shape index (κ3) is 2.50. The average Bonchev–Trinajstić information content (AvgIpc) is 2.53. The minimum Gasteiger partial charge on any atom is -0.504 e. The number of hydrogen-bond donors (Lipinski definition) is 3. The number of aromatic nitrogens is 2. The maximum Gasteiger partial charge on any atom is 0.161 e. The van der Waals surface area contributed by atoms with Crippen molar-refractivity contribution in [2.45, 2.75) is 25.7 Å². The second kappa shape index (κ2) is 5.57. The number of nitrogens with two attached hydrogens (primary N) is 1. The molecule has 0 fully saturated rings. The first-order chi connectivity index (χ1) is 10.2. The van der Waals surface area contributed by atoms with Crippen LogP contribution in [0.15, 0.2) is 18.2 Å². The minimum absolute atomic E-state index is 0.0681. The zero-order valence-electron chi connectivity index (χ0n) is 11.9.